The fourth-order valence-electron chi connectivity index (χ4n) is 5.85. The van der Waals surface area contributed by atoms with E-state index < -0.39 is 0 Å². The SMILES string of the molecule is O=c1[nH]c2ccccc2n1CCN1CCN([C@H]2C[C@H](c3ccc(F)cc3)c3cc(Cl)ccc32)CC1. The molecule has 3 aromatic carbocycles. The summed E-state index contributed by atoms with van der Waals surface area (Å²) in [5.41, 5.74) is 5.54. The molecule has 1 aliphatic carbocycles. The smallest absolute Gasteiger partial charge is 0.306 e. The molecule has 4 aromatic rings. The largest absolute Gasteiger partial charge is 0.326 e. The number of para-hydroxylation sites is 2. The zero-order valence-electron chi connectivity index (χ0n) is 19.5. The van der Waals surface area contributed by atoms with Crippen molar-refractivity contribution in [1.29, 1.82) is 0 Å². The molecule has 1 aliphatic heterocycles. The average molecular weight is 491 g/mol. The predicted molar refractivity (Wildman–Crippen MR) is 138 cm³/mol. The normalized spacial score (nSPS) is 21.0. The summed E-state index contributed by atoms with van der Waals surface area (Å²) < 4.78 is 15.4. The Morgan fingerprint density at radius 2 is 1.69 bits per heavy atom. The van der Waals surface area contributed by atoms with Gasteiger partial charge in [-0.05, 0) is 59.5 Å². The first-order chi connectivity index (χ1) is 17.1. The lowest BCUT2D eigenvalue weighted by Gasteiger charge is -2.38. The summed E-state index contributed by atoms with van der Waals surface area (Å²) in [6, 6.07) is 21.3. The van der Waals surface area contributed by atoms with Crippen molar-refractivity contribution in [3.05, 3.63) is 105 Å². The molecule has 35 heavy (non-hydrogen) atoms. The van der Waals surface area contributed by atoms with E-state index in [9.17, 15) is 9.18 Å². The fourth-order valence-corrected chi connectivity index (χ4v) is 6.03. The summed E-state index contributed by atoms with van der Waals surface area (Å²) in [6.07, 6.45) is 0.978. The third kappa shape index (κ3) is 4.31. The number of benzene rings is 3. The molecule has 7 heteroatoms. The lowest BCUT2D eigenvalue weighted by atomic mass is 9.93. The number of imidazole rings is 1. The molecule has 0 amide bonds. The third-order valence-corrected chi connectivity index (χ3v) is 7.92. The quantitative estimate of drug-likeness (QED) is 0.427. The molecule has 2 aliphatic rings. The molecule has 0 saturated carbocycles. The highest BCUT2D eigenvalue weighted by atomic mass is 35.5. The number of hydrogen-bond donors (Lipinski definition) is 1. The Morgan fingerprint density at radius 3 is 2.49 bits per heavy atom. The summed E-state index contributed by atoms with van der Waals surface area (Å²) in [6.45, 7) is 5.43. The van der Waals surface area contributed by atoms with Gasteiger partial charge in [0.05, 0.1) is 11.0 Å². The molecule has 2 atom stereocenters. The maximum Gasteiger partial charge on any atom is 0.326 e. The second-order valence-electron chi connectivity index (χ2n) is 9.61. The second-order valence-corrected chi connectivity index (χ2v) is 10.0. The van der Waals surface area contributed by atoms with E-state index in [1.807, 2.05) is 47.0 Å². The molecular formula is C28H28ClFN4O. The van der Waals surface area contributed by atoms with E-state index in [2.05, 4.69) is 26.9 Å². The Morgan fingerprint density at radius 1 is 0.914 bits per heavy atom. The van der Waals surface area contributed by atoms with Crippen LogP contribution in [0.25, 0.3) is 11.0 Å². The molecule has 0 spiro atoms. The summed E-state index contributed by atoms with van der Waals surface area (Å²) in [7, 11) is 0. The van der Waals surface area contributed by atoms with E-state index in [0.29, 0.717) is 12.6 Å². The van der Waals surface area contributed by atoms with E-state index >= 15 is 0 Å². The van der Waals surface area contributed by atoms with Crippen molar-refractivity contribution in [3.8, 4) is 0 Å². The number of aromatic nitrogens is 2. The number of piperazine rings is 1. The molecule has 0 radical (unpaired) electrons. The molecular weight excluding hydrogens is 463 g/mol. The maximum absolute atomic E-state index is 13.5. The van der Waals surface area contributed by atoms with Crippen LogP contribution >= 0.6 is 11.6 Å². The highest BCUT2D eigenvalue weighted by molar-refractivity contribution is 6.30. The van der Waals surface area contributed by atoms with Gasteiger partial charge in [0.15, 0.2) is 0 Å². The number of rotatable bonds is 5. The van der Waals surface area contributed by atoms with Gasteiger partial charge in [-0.1, -0.05) is 41.9 Å². The van der Waals surface area contributed by atoms with E-state index in [0.717, 1.165) is 60.8 Å². The fraction of sp³-hybridized carbons (Fsp3) is 0.321. The Hall–Kier alpha value is -2.93. The van der Waals surface area contributed by atoms with Crippen LogP contribution in [0.3, 0.4) is 0 Å². The monoisotopic (exact) mass is 490 g/mol. The van der Waals surface area contributed by atoms with Crippen molar-refractivity contribution in [2.24, 2.45) is 0 Å². The van der Waals surface area contributed by atoms with Crippen molar-refractivity contribution >= 4 is 22.6 Å². The van der Waals surface area contributed by atoms with Crippen molar-refractivity contribution in [2.75, 3.05) is 32.7 Å². The van der Waals surface area contributed by atoms with E-state index in [4.69, 9.17) is 11.6 Å². The maximum atomic E-state index is 13.5. The number of fused-ring (bicyclic) bond motifs is 2. The summed E-state index contributed by atoms with van der Waals surface area (Å²) in [5.74, 6) is 0.0155. The van der Waals surface area contributed by atoms with Crippen LogP contribution in [0.15, 0.2) is 71.5 Å². The van der Waals surface area contributed by atoms with Gasteiger partial charge in [-0.25, -0.2) is 9.18 Å². The zero-order chi connectivity index (χ0) is 23.9. The number of halogens is 2. The summed E-state index contributed by atoms with van der Waals surface area (Å²) in [5, 5.41) is 0.744. The highest BCUT2D eigenvalue weighted by Gasteiger charge is 2.36. The van der Waals surface area contributed by atoms with Crippen molar-refractivity contribution in [3.63, 3.8) is 0 Å². The van der Waals surface area contributed by atoms with Crippen LogP contribution in [0.4, 0.5) is 4.39 Å². The van der Waals surface area contributed by atoms with E-state index in [1.54, 1.807) is 12.1 Å². The summed E-state index contributed by atoms with van der Waals surface area (Å²) >= 11 is 6.37. The second kappa shape index (κ2) is 9.26. The van der Waals surface area contributed by atoms with Crippen LogP contribution in [-0.4, -0.2) is 52.1 Å². The lowest BCUT2D eigenvalue weighted by Crippen LogP contribution is -2.48. The molecule has 1 N–H and O–H groups in total. The predicted octanol–water partition coefficient (Wildman–Crippen LogP) is 5.02. The minimum atomic E-state index is -0.208. The van der Waals surface area contributed by atoms with Crippen LogP contribution < -0.4 is 5.69 Å². The van der Waals surface area contributed by atoms with Gasteiger partial charge >= 0.3 is 5.69 Å². The molecule has 0 unspecified atom stereocenters. The number of nitrogens with zero attached hydrogens (tertiary/aromatic N) is 3. The van der Waals surface area contributed by atoms with Gasteiger partial charge in [-0.3, -0.25) is 14.4 Å². The first kappa shape index (κ1) is 22.5. The van der Waals surface area contributed by atoms with Crippen LogP contribution in [0, 0.1) is 5.82 Å². The van der Waals surface area contributed by atoms with Crippen molar-refractivity contribution in [2.45, 2.75) is 24.9 Å². The van der Waals surface area contributed by atoms with Gasteiger partial charge in [-0.15, -0.1) is 0 Å². The Balaban J connectivity index is 1.14. The standard InChI is InChI=1S/C28H28ClFN4O/c29-20-7-10-22-24(17-20)23(19-5-8-21(30)9-6-19)18-27(22)33-14-11-32(12-15-33)13-16-34-26-4-2-1-3-25(26)31-28(34)35/h1-10,17,23,27H,11-16,18H2,(H,31,35)/t23-,27+/m1/s1. The number of hydrogen-bond acceptors (Lipinski definition) is 3. The molecule has 6 rings (SSSR count). The van der Waals surface area contributed by atoms with E-state index in [1.165, 1.54) is 11.1 Å². The van der Waals surface area contributed by atoms with Crippen LogP contribution in [-0.2, 0) is 6.54 Å². The van der Waals surface area contributed by atoms with Gasteiger partial charge in [0.25, 0.3) is 0 Å². The molecule has 2 heterocycles. The number of H-pyrrole nitrogens is 1. The topological polar surface area (TPSA) is 44.3 Å². The molecule has 0 bridgehead atoms. The summed E-state index contributed by atoms with van der Waals surface area (Å²) in [4.78, 5) is 20.4. The minimum Gasteiger partial charge on any atom is -0.306 e. The highest BCUT2D eigenvalue weighted by Crippen LogP contribution is 2.47. The van der Waals surface area contributed by atoms with E-state index in [-0.39, 0.29) is 17.4 Å². The Bertz CT molecular complexity index is 1400. The van der Waals surface area contributed by atoms with Crippen molar-refractivity contribution < 1.29 is 4.39 Å². The van der Waals surface area contributed by atoms with Gasteiger partial charge < -0.3 is 4.98 Å². The molecule has 1 saturated heterocycles. The first-order valence-electron chi connectivity index (χ1n) is 12.3. The lowest BCUT2D eigenvalue weighted by molar-refractivity contribution is 0.0927. The Kier molecular flexibility index (Phi) is 5.96. The van der Waals surface area contributed by atoms with Crippen LogP contribution in [0.2, 0.25) is 5.02 Å². The first-order valence-corrected chi connectivity index (χ1v) is 12.6. The third-order valence-electron chi connectivity index (χ3n) is 7.68. The van der Waals surface area contributed by atoms with Gasteiger partial charge in [0.1, 0.15) is 5.82 Å². The molecule has 1 aromatic heterocycles. The minimum absolute atomic E-state index is 0.0436. The van der Waals surface area contributed by atoms with Gasteiger partial charge in [0.2, 0.25) is 0 Å². The molecule has 1 fully saturated rings. The average Bonchev–Trinajstić information content (AvgIpc) is 3.40. The van der Waals surface area contributed by atoms with Gasteiger partial charge in [0, 0.05) is 56.3 Å². The Labute approximate surface area is 208 Å². The zero-order valence-corrected chi connectivity index (χ0v) is 20.2. The van der Waals surface area contributed by atoms with Crippen LogP contribution in [0.5, 0.6) is 0 Å². The number of aromatic amines is 1. The van der Waals surface area contributed by atoms with Gasteiger partial charge in [-0.2, -0.15) is 0 Å². The molecule has 5 nitrogen and oxygen atoms in total. The van der Waals surface area contributed by atoms with Crippen molar-refractivity contribution in [1.82, 2.24) is 19.4 Å². The number of nitrogens with one attached hydrogen (secondary N) is 1. The molecule has 180 valence electrons. The van der Waals surface area contributed by atoms with Crippen LogP contribution in [0.1, 0.15) is 35.1 Å².